The highest BCUT2D eigenvalue weighted by atomic mass is 16.4. The molecular weight excluding hydrogens is 322 g/mol. The normalized spacial score (nSPS) is 17.2. The van der Waals surface area contributed by atoms with E-state index in [-0.39, 0.29) is 6.42 Å². The molecule has 136 valence electrons. The predicted molar refractivity (Wildman–Crippen MR) is 106 cm³/mol. The number of rotatable bonds is 8. The summed E-state index contributed by atoms with van der Waals surface area (Å²) in [6.07, 6.45) is 6.65. The van der Waals surface area contributed by atoms with Crippen molar-refractivity contribution in [2.24, 2.45) is 0 Å². The van der Waals surface area contributed by atoms with Crippen molar-refractivity contribution < 1.29 is 9.90 Å². The molecule has 0 unspecified atom stereocenters. The molecule has 0 aromatic heterocycles. The fourth-order valence-corrected chi connectivity index (χ4v) is 3.82. The van der Waals surface area contributed by atoms with Gasteiger partial charge in [-0.15, -0.1) is 0 Å². The molecule has 1 N–H and O–H groups in total. The van der Waals surface area contributed by atoms with Gasteiger partial charge in [0.25, 0.3) is 0 Å². The van der Waals surface area contributed by atoms with Gasteiger partial charge in [0, 0.05) is 19.0 Å². The van der Waals surface area contributed by atoms with Crippen LogP contribution in [0.15, 0.2) is 66.7 Å². The highest BCUT2D eigenvalue weighted by Crippen LogP contribution is 2.25. The smallest absolute Gasteiger partial charge is 0.303 e. The van der Waals surface area contributed by atoms with Crippen molar-refractivity contribution in [3.8, 4) is 0 Å². The molecule has 0 saturated carbocycles. The number of hydrogen-bond acceptors (Lipinski definition) is 2. The van der Waals surface area contributed by atoms with Gasteiger partial charge in [-0.2, -0.15) is 0 Å². The van der Waals surface area contributed by atoms with Crippen molar-refractivity contribution in [2.45, 2.75) is 38.1 Å². The Morgan fingerprint density at radius 3 is 2.23 bits per heavy atom. The molecule has 1 fully saturated rings. The summed E-state index contributed by atoms with van der Waals surface area (Å²) in [6.45, 7) is 2.08. The van der Waals surface area contributed by atoms with Crippen molar-refractivity contribution in [2.75, 3.05) is 13.1 Å². The average Bonchev–Trinajstić information content (AvgIpc) is 3.12. The van der Waals surface area contributed by atoms with Crippen molar-refractivity contribution in [3.63, 3.8) is 0 Å². The Morgan fingerprint density at radius 1 is 1.04 bits per heavy atom. The van der Waals surface area contributed by atoms with E-state index in [1.165, 1.54) is 23.1 Å². The molecule has 0 amide bonds. The first-order chi connectivity index (χ1) is 12.7. The van der Waals surface area contributed by atoms with Gasteiger partial charge in [0.2, 0.25) is 0 Å². The lowest BCUT2D eigenvalue weighted by molar-refractivity contribution is -0.137. The topological polar surface area (TPSA) is 40.5 Å². The highest BCUT2D eigenvalue weighted by Gasteiger charge is 2.24. The number of nitrogens with zero attached hydrogens (tertiary/aromatic N) is 1. The van der Waals surface area contributed by atoms with Gasteiger partial charge in [0.05, 0.1) is 0 Å². The van der Waals surface area contributed by atoms with Gasteiger partial charge in [0.15, 0.2) is 0 Å². The Morgan fingerprint density at radius 2 is 1.65 bits per heavy atom. The lowest BCUT2D eigenvalue weighted by Gasteiger charge is -2.23. The van der Waals surface area contributed by atoms with Crippen LogP contribution >= 0.6 is 0 Å². The van der Waals surface area contributed by atoms with Gasteiger partial charge in [-0.1, -0.05) is 66.7 Å². The molecule has 0 spiro atoms. The lowest BCUT2D eigenvalue weighted by Crippen LogP contribution is -2.30. The van der Waals surface area contributed by atoms with Crippen LogP contribution in [0.4, 0.5) is 0 Å². The van der Waals surface area contributed by atoms with Gasteiger partial charge in [-0.05, 0) is 48.9 Å². The van der Waals surface area contributed by atoms with Gasteiger partial charge < -0.3 is 10.0 Å². The maximum absolute atomic E-state index is 10.9. The molecule has 2 aromatic rings. The molecule has 3 nitrogen and oxygen atoms in total. The van der Waals surface area contributed by atoms with Crippen LogP contribution in [0.3, 0.4) is 0 Å². The van der Waals surface area contributed by atoms with E-state index in [4.69, 9.17) is 5.11 Å². The maximum atomic E-state index is 10.9. The quantitative estimate of drug-likeness (QED) is 0.741. The predicted octanol–water partition coefficient (Wildman–Crippen LogP) is 4.84. The summed E-state index contributed by atoms with van der Waals surface area (Å²) in [5, 5.41) is 8.93. The van der Waals surface area contributed by atoms with Crippen molar-refractivity contribution in [1.82, 2.24) is 4.90 Å². The summed E-state index contributed by atoms with van der Waals surface area (Å²) in [4.78, 5) is 13.3. The molecule has 26 heavy (non-hydrogen) atoms. The average molecular weight is 349 g/mol. The van der Waals surface area contributed by atoms with Gasteiger partial charge in [0.1, 0.15) is 0 Å². The minimum absolute atomic E-state index is 0.274. The Hall–Kier alpha value is -2.39. The summed E-state index contributed by atoms with van der Waals surface area (Å²) in [5.74, 6) is -0.688. The third kappa shape index (κ3) is 5.06. The molecule has 1 aliphatic heterocycles. The number of benzene rings is 2. The fraction of sp³-hybridized carbons (Fsp3) is 0.348. The van der Waals surface area contributed by atoms with Crippen LogP contribution in [0.2, 0.25) is 0 Å². The van der Waals surface area contributed by atoms with Crippen molar-refractivity contribution in [1.29, 1.82) is 0 Å². The largest absolute Gasteiger partial charge is 0.481 e. The monoisotopic (exact) mass is 349 g/mol. The minimum Gasteiger partial charge on any atom is -0.481 e. The van der Waals surface area contributed by atoms with E-state index >= 15 is 0 Å². The van der Waals surface area contributed by atoms with Crippen LogP contribution in [0.25, 0.3) is 5.57 Å². The Kier molecular flexibility index (Phi) is 6.62. The molecule has 3 heteroatoms. The van der Waals surface area contributed by atoms with E-state index in [0.29, 0.717) is 6.04 Å². The van der Waals surface area contributed by atoms with Crippen molar-refractivity contribution >= 4 is 11.5 Å². The van der Waals surface area contributed by atoms with Gasteiger partial charge in [-0.3, -0.25) is 4.79 Å². The maximum Gasteiger partial charge on any atom is 0.303 e. The van der Waals surface area contributed by atoms with Crippen LogP contribution in [0.5, 0.6) is 0 Å². The summed E-state index contributed by atoms with van der Waals surface area (Å²) in [5.41, 5.74) is 3.75. The van der Waals surface area contributed by atoms with Crippen LogP contribution in [-0.2, 0) is 4.79 Å². The first kappa shape index (κ1) is 18.4. The Bertz CT molecular complexity index is 683. The minimum atomic E-state index is -0.688. The first-order valence-corrected chi connectivity index (χ1v) is 9.51. The van der Waals surface area contributed by atoms with Crippen LogP contribution in [0.1, 0.15) is 43.2 Å². The van der Waals surface area contributed by atoms with E-state index in [2.05, 4.69) is 59.5 Å². The van der Waals surface area contributed by atoms with Crippen molar-refractivity contribution in [3.05, 3.63) is 77.9 Å². The molecule has 1 saturated heterocycles. The number of carboxylic acid groups (broad SMARTS) is 1. The molecule has 1 heterocycles. The SMILES string of the molecule is O=C(O)CC[C@@H]1CCCN1CCC=C(c1ccccc1)c1ccccc1. The van der Waals surface area contributed by atoms with Gasteiger partial charge in [-0.25, -0.2) is 0 Å². The van der Waals surface area contributed by atoms with Crippen LogP contribution < -0.4 is 0 Å². The van der Waals surface area contributed by atoms with Crippen LogP contribution in [-0.4, -0.2) is 35.1 Å². The zero-order valence-corrected chi connectivity index (χ0v) is 15.2. The Labute approximate surface area is 156 Å². The molecular formula is C23H27NO2. The summed E-state index contributed by atoms with van der Waals surface area (Å²) in [6, 6.07) is 21.5. The summed E-state index contributed by atoms with van der Waals surface area (Å²) < 4.78 is 0. The van der Waals surface area contributed by atoms with Crippen LogP contribution in [0, 0.1) is 0 Å². The number of hydrogen-bond donors (Lipinski definition) is 1. The standard InChI is InChI=1S/C23H27NO2/c25-23(26)16-15-21-13-7-17-24(21)18-8-14-22(19-9-3-1-4-10-19)20-11-5-2-6-12-20/h1-6,9-12,14,21H,7-8,13,15-18H2,(H,25,26)/t21-/m0/s1. The zero-order valence-electron chi connectivity index (χ0n) is 15.2. The van der Waals surface area contributed by atoms with Gasteiger partial charge >= 0.3 is 5.97 Å². The third-order valence-corrected chi connectivity index (χ3v) is 5.12. The van der Waals surface area contributed by atoms with E-state index in [9.17, 15) is 4.79 Å². The molecule has 0 aliphatic carbocycles. The number of aliphatic carboxylic acids is 1. The van der Waals surface area contributed by atoms with E-state index in [1.807, 2.05) is 12.1 Å². The van der Waals surface area contributed by atoms with E-state index in [0.717, 1.165) is 32.4 Å². The fourth-order valence-electron chi connectivity index (χ4n) is 3.82. The summed E-state index contributed by atoms with van der Waals surface area (Å²) >= 11 is 0. The highest BCUT2D eigenvalue weighted by molar-refractivity contribution is 5.79. The second kappa shape index (κ2) is 9.35. The molecule has 0 radical (unpaired) electrons. The zero-order chi connectivity index (χ0) is 18.2. The molecule has 1 aliphatic rings. The second-order valence-electron chi connectivity index (χ2n) is 6.90. The van der Waals surface area contributed by atoms with E-state index < -0.39 is 5.97 Å². The molecule has 0 bridgehead atoms. The Balaban J connectivity index is 1.68. The molecule has 3 rings (SSSR count). The summed E-state index contributed by atoms with van der Waals surface area (Å²) in [7, 11) is 0. The number of carboxylic acids is 1. The molecule has 2 aromatic carbocycles. The number of likely N-dealkylation sites (tertiary alicyclic amines) is 1. The number of carbonyl (C=O) groups is 1. The lowest BCUT2D eigenvalue weighted by atomic mass is 9.97. The first-order valence-electron chi connectivity index (χ1n) is 9.51. The van der Waals surface area contributed by atoms with E-state index in [1.54, 1.807) is 0 Å². The third-order valence-electron chi connectivity index (χ3n) is 5.12. The second-order valence-corrected chi connectivity index (χ2v) is 6.90. The molecule has 1 atom stereocenters.